The van der Waals surface area contributed by atoms with Crippen LogP contribution in [0.2, 0.25) is 0 Å². The lowest BCUT2D eigenvalue weighted by atomic mass is 9.87. The summed E-state index contributed by atoms with van der Waals surface area (Å²) < 4.78 is 0. The van der Waals surface area contributed by atoms with Crippen LogP contribution in [-0.2, 0) is 9.59 Å². The molecule has 0 radical (unpaired) electrons. The molecule has 0 spiro atoms. The quantitative estimate of drug-likeness (QED) is 0.639. The molecule has 0 saturated carbocycles. The van der Waals surface area contributed by atoms with Crippen molar-refractivity contribution in [1.82, 2.24) is 14.8 Å². The third-order valence-corrected chi connectivity index (χ3v) is 6.72. The van der Waals surface area contributed by atoms with Crippen LogP contribution >= 0.6 is 0 Å². The van der Waals surface area contributed by atoms with E-state index in [1.165, 1.54) is 6.20 Å². The van der Waals surface area contributed by atoms with E-state index in [4.69, 9.17) is 5.73 Å². The Hall–Kier alpha value is -3.36. The Morgan fingerprint density at radius 2 is 1.91 bits per heavy atom. The summed E-state index contributed by atoms with van der Waals surface area (Å²) in [6.45, 7) is 16.5. The number of aliphatic imine (C=N–C) groups is 1. The molecule has 0 bridgehead atoms. The molecule has 3 heterocycles. The van der Waals surface area contributed by atoms with Gasteiger partial charge in [0.15, 0.2) is 0 Å². The number of piperazine rings is 1. The van der Waals surface area contributed by atoms with Gasteiger partial charge < -0.3 is 20.9 Å². The molecule has 2 aliphatic heterocycles. The molecule has 2 fully saturated rings. The number of nitrogens with one attached hydrogen (secondary N) is 1. The summed E-state index contributed by atoms with van der Waals surface area (Å²) in [4.78, 5) is 39.8. The van der Waals surface area contributed by atoms with Gasteiger partial charge in [-0.1, -0.05) is 20.4 Å². The van der Waals surface area contributed by atoms with Crippen molar-refractivity contribution in [3.63, 3.8) is 0 Å². The Labute approximate surface area is 202 Å². The number of hydrogen-bond donors (Lipinski definition) is 2. The second kappa shape index (κ2) is 10.3. The second-order valence-corrected chi connectivity index (χ2v) is 9.25. The number of aromatic nitrogens is 1. The predicted molar refractivity (Wildman–Crippen MR) is 136 cm³/mol. The maximum atomic E-state index is 13.2. The SMILES string of the molecule is C=C(N=C1/C(=C\N)C(C)(C)C(=O)N1C(CC)CC)Nc1ccc(N2CCN(C(C)=O)CC2)cn1. The fourth-order valence-corrected chi connectivity index (χ4v) is 4.54. The average molecular weight is 468 g/mol. The molecule has 1 aromatic rings. The third kappa shape index (κ3) is 4.93. The zero-order chi connectivity index (χ0) is 25.0. The molecule has 3 N–H and O–H groups in total. The summed E-state index contributed by atoms with van der Waals surface area (Å²) in [5.74, 6) is 1.64. The standard InChI is InChI=1S/C25H37N7O2/c1-7-19(8-2)32-23(21(15-26)25(5,6)24(32)34)29-17(3)28-22-10-9-20(16-27-22)31-13-11-30(12-14-31)18(4)33/h9-10,15-16,19H,3,7-8,11-14,26H2,1-2,4-6H3,(H,27,28)/b21-15+,29-23?. The van der Waals surface area contributed by atoms with Crippen molar-refractivity contribution in [1.29, 1.82) is 0 Å². The molecule has 0 atom stereocenters. The first kappa shape index (κ1) is 25.3. The predicted octanol–water partition coefficient (Wildman–Crippen LogP) is 2.93. The Kier molecular flexibility index (Phi) is 7.64. The van der Waals surface area contributed by atoms with E-state index in [-0.39, 0.29) is 17.9 Å². The minimum absolute atomic E-state index is 0.00296. The number of amidine groups is 1. The van der Waals surface area contributed by atoms with Crippen LogP contribution in [0.25, 0.3) is 0 Å². The van der Waals surface area contributed by atoms with Gasteiger partial charge in [-0.15, -0.1) is 0 Å². The minimum Gasteiger partial charge on any atom is -0.404 e. The Bertz CT molecular complexity index is 985. The Balaban J connectivity index is 1.75. The number of amides is 2. The summed E-state index contributed by atoms with van der Waals surface area (Å²) in [5.41, 5.74) is 6.89. The van der Waals surface area contributed by atoms with Crippen LogP contribution in [0.3, 0.4) is 0 Å². The molecule has 3 rings (SSSR count). The van der Waals surface area contributed by atoms with Crippen molar-refractivity contribution in [3.8, 4) is 0 Å². The number of nitrogens with zero attached hydrogens (tertiary/aromatic N) is 5. The highest BCUT2D eigenvalue weighted by molar-refractivity contribution is 6.19. The highest BCUT2D eigenvalue weighted by Gasteiger charge is 2.49. The number of likely N-dealkylation sites (tertiary alicyclic amines) is 1. The average Bonchev–Trinajstić information content (AvgIpc) is 3.00. The highest BCUT2D eigenvalue weighted by atomic mass is 16.2. The fourth-order valence-electron chi connectivity index (χ4n) is 4.54. The summed E-state index contributed by atoms with van der Waals surface area (Å²) in [7, 11) is 0. The van der Waals surface area contributed by atoms with Gasteiger partial charge in [0.2, 0.25) is 11.8 Å². The number of nitrogens with two attached hydrogens (primary N) is 1. The lowest BCUT2D eigenvalue weighted by Gasteiger charge is -2.35. The van der Waals surface area contributed by atoms with E-state index in [2.05, 4.69) is 40.6 Å². The molecule has 2 amide bonds. The van der Waals surface area contributed by atoms with E-state index in [0.29, 0.717) is 36.1 Å². The lowest BCUT2D eigenvalue weighted by molar-refractivity contribution is -0.134. The maximum absolute atomic E-state index is 13.2. The normalized spacial score (nSPS) is 20.5. The van der Waals surface area contributed by atoms with Crippen LogP contribution in [0.5, 0.6) is 0 Å². The van der Waals surface area contributed by atoms with E-state index < -0.39 is 5.41 Å². The van der Waals surface area contributed by atoms with E-state index in [9.17, 15) is 9.59 Å². The Morgan fingerprint density at radius 1 is 1.26 bits per heavy atom. The van der Waals surface area contributed by atoms with Crippen LogP contribution in [0.4, 0.5) is 11.5 Å². The van der Waals surface area contributed by atoms with Crippen molar-refractivity contribution < 1.29 is 9.59 Å². The Morgan fingerprint density at radius 3 is 2.41 bits per heavy atom. The summed E-state index contributed by atoms with van der Waals surface area (Å²) in [6, 6.07) is 3.90. The van der Waals surface area contributed by atoms with E-state index in [0.717, 1.165) is 31.6 Å². The molecule has 0 aromatic carbocycles. The van der Waals surface area contributed by atoms with Crippen LogP contribution in [-0.4, -0.2) is 64.7 Å². The molecular formula is C25H37N7O2. The topological polar surface area (TPSA) is 107 Å². The fraction of sp³-hybridized carbons (Fsp3) is 0.520. The smallest absolute Gasteiger partial charge is 0.238 e. The van der Waals surface area contributed by atoms with Crippen LogP contribution in [0, 0.1) is 5.41 Å². The number of hydrogen-bond acceptors (Lipinski definition) is 7. The molecular weight excluding hydrogens is 430 g/mol. The molecule has 184 valence electrons. The second-order valence-electron chi connectivity index (χ2n) is 9.25. The van der Waals surface area contributed by atoms with Gasteiger partial charge >= 0.3 is 0 Å². The number of carbonyl (C=O) groups is 2. The van der Waals surface area contributed by atoms with Crippen molar-refractivity contribution in [2.45, 2.75) is 53.5 Å². The summed E-state index contributed by atoms with van der Waals surface area (Å²) in [5, 5.41) is 3.13. The molecule has 34 heavy (non-hydrogen) atoms. The highest BCUT2D eigenvalue weighted by Crippen LogP contribution is 2.39. The van der Waals surface area contributed by atoms with E-state index in [1.54, 1.807) is 18.0 Å². The van der Waals surface area contributed by atoms with Crippen LogP contribution in [0.15, 0.2) is 47.5 Å². The van der Waals surface area contributed by atoms with Gasteiger partial charge in [-0.3, -0.25) is 14.5 Å². The largest absolute Gasteiger partial charge is 0.404 e. The van der Waals surface area contributed by atoms with Gasteiger partial charge in [-0.05, 0) is 38.8 Å². The lowest BCUT2D eigenvalue weighted by Crippen LogP contribution is -2.48. The first-order valence-electron chi connectivity index (χ1n) is 11.9. The number of anilines is 2. The van der Waals surface area contributed by atoms with Crippen molar-refractivity contribution in [2.24, 2.45) is 16.1 Å². The van der Waals surface area contributed by atoms with Gasteiger partial charge in [-0.25, -0.2) is 9.98 Å². The number of pyridine rings is 1. The monoisotopic (exact) mass is 467 g/mol. The summed E-state index contributed by atoms with van der Waals surface area (Å²) >= 11 is 0. The van der Waals surface area contributed by atoms with Gasteiger partial charge in [0.25, 0.3) is 0 Å². The number of carbonyl (C=O) groups excluding carboxylic acids is 2. The van der Waals surface area contributed by atoms with Crippen LogP contribution < -0.4 is 16.0 Å². The molecule has 9 nitrogen and oxygen atoms in total. The zero-order valence-electron chi connectivity index (χ0n) is 21.0. The molecule has 2 aliphatic rings. The van der Waals surface area contributed by atoms with E-state index >= 15 is 0 Å². The van der Waals surface area contributed by atoms with Gasteiger partial charge in [-0.2, -0.15) is 0 Å². The molecule has 2 saturated heterocycles. The zero-order valence-corrected chi connectivity index (χ0v) is 21.0. The van der Waals surface area contributed by atoms with Gasteiger partial charge in [0.1, 0.15) is 17.5 Å². The van der Waals surface area contributed by atoms with Crippen molar-refractivity contribution in [3.05, 3.63) is 42.5 Å². The van der Waals surface area contributed by atoms with Crippen molar-refractivity contribution in [2.75, 3.05) is 36.4 Å². The minimum atomic E-state index is -0.747. The number of rotatable bonds is 7. The molecule has 0 aliphatic carbocycles. The first-order valence-corrected chi connectivity index (χ1v) is 11.9. The molecule has 9 heteroatoms. The molecule has 0 unspecified atom stereocenters. The summed E-state index contributed by atoms with van der Waals surface area (Å²) in [6.07, 6.45) is 4.92. The third-order valence-electron chi connectivity index (χ3n) is 6.72. The maximum Gasteiger partial charge on any atom is 0.238 e. The van der Waals surface area contributed by atoms with Gasteiger partial charge in [0, 0.05) is 50.9 Å². The van der Waals surface area contributed by atoms with Crippen LogP contribution in [0.1, 0.15) is 47.5 Å². The van der Waals surface area contributed by atoms with Gasteiger partial charge in [0.05, 0.1) is 17.3 Å². The van der Waals surface area contributed by atoms with E-state index in [1.807, 2.05) is 30.9 Å². The molecule has 1 aromatic heterocycles. The first-order chi connectivity index (χ1) is 16.1. The van der Waals surface area contributed by atoms with Crippen molar-refractivity contribution >= 4 is 29.2 Å².